The van der Waals surface area contributed by atoms with Crippen LogP contribution in [0, 0.1) is 0 Å². The number of likely N-dealkylation sites (N-methyl/N-ethyl adjacent to an activating group) is 1. The molecule has 0 radical (unpaired) electrons. The van der Waals surface area contributed by atoms with Crippen LogP contribution >= 0.6 is 11.6 Å². The van der Waals surface area contributed by atoms with Crippen molar-refractivity contribution in [2.24, 2.45) is 0 Å². The van der Waals surface area contributed by atoms with Gasteiger partial charge in [0, 0.05) is 18.6 Å². The van der Waals surface area contributed by atoms with Crippen molar-refractivity contribution >= 4 is 17.6 Å². The number of rotatable bonds is 6. The molecule has 1 saturated heterocycles. The Morgan fingerprint density at radius 1 is 1.43 bits per heavy atom. The molecular formula is C17H26ClN3O2. The molecule has 0 aliphatic carbocycles. The van der Waals surface area contributed by atoms with Gasteiger partial charge in [0.1, 0.15) is 0 Å². The molecule has 2 atom stereocenters. The number of carbonyl (C=O) groups excluding carboxylic acids is 1. The lowest BCUT2D eigenvalue weighted by Gasteiger charge is -2.30. The van der Waals surface area contributed by atoms with Crippen molar-refractivity contribution in [3.63, 3.8) is 0 Å². The van der Waals surface area contributed by atoms with Gasteiger partial charge in [-0.1, -0.05) is 23.7 Å². The Morgan fingerprint density at radius 3 is 2.74 bits per heavy atom. The average Bonchev–Trinajstić information content (AvgIpc) is 3.07. The van der Waals surface area contributed by atoms with Gasteiger partial charge in [-0.3, -0.25) is 4.90 Å². The van der Waals surface area contributed by atoms with E-state index in [4.69, 9.17) is 16.7 Å². The summed E-state index contributed by atoms with van der Waals surface area (Å²) in [6.07, 6.45) is 2.37. The summed E-state index contributed by atoms with van der Waals surface area (Å²) in [7, 11) is 1.69. The minimum atomic E-state index is -0.202. The SMILES string of the molecule is CC(CO)N(C)C(=O)NCC(c1cccc(Cl)c1)N1CCCC1. The van der Waals surface area contributed by atoms with E-state index in [1.54, 1.807) is 7.05 Å². The van der Waals surface area contributed by atoms with E-state index < -0.39 is 0 Å². The van der Waals surface area contributed by atoms with Crippen molar-refractivity contribution in [3.05, 3.63) is 34.9 Å². The maximum Gasteiger partial charge on any atom is 0.317 e. The maximum absolute atomic E-state index is 12.2. The van der Waals surface area contributed by atoms with E-state index in [2.05, 4.69) is 16.3 Å². The van der Waals surface area contributed by atoms with Crippen LogP contribution in [0.25, 0.3) is 0 Å². The van der Waals surface area contributed by atoms with Gasteiger partial charge in [-0.15, -0.1) is 0 Å². The van der Waals surface area contributed by atoms with E-state index in [1.807, 2.05) is 25.1 Å². The van der Waals surface area contributed by atoms with E-state index >= 15 is 0 Å². The topological polar surface area (TPSA) is 55.8 Å². The summed E-state index contributed by atoms with van der Waals surface area (Å²) in [4.78, 5) is 16.1. The number of benzene rings is 1. The minimum Gasteiger partial charge on any atom is -0.394 e. The second kappa shape index (κ2) is 8.52. The summed E-state index contributed by atoms with van der Waals surface area (Å²) in [6.45, 7) is 4.37. The fourth-order valence-corrected chi connectivity index (χ4v) is 3.05. The van der Waals surface area contributed by atoms with Crippen LogP contribution in [0.2, 0.25) is 5.02 Å². The number of likely N-dealkylation sites (tertiary alicyclic amines) is 1. The molecule has 0 bridgehead atoms. The first-order valence-electron chi connectivity index (χ1n) is 8.14. The second-order valence-corrected chi connectivity index (χ2v) is 6.58. The molecule has 2 N–H and O–H groups in total. The quantitative estimate of drug-likeness (QED) is 0.837. The molecule has 1 aliphatic rings. The van der Waals surface area contributed by atoms with Crippen LogP contribution in [-0.2, 0) is 0 Å². The molecule has 1 heterocycles. The molecule has 0 aromatic heterocycles. The number of nitrogens with zero attached hydrogens (tertiary/aromatic N) is 2. The van der Waals surface area contributed by atoms with Gasteiger partial charge >= 0.3 is 6.03 Å². The van der Waals surface area contributed by atoms with Gasteiger partial charge in [-0.2, -0.15) is 0 Å². The molecular weight excluding hydrogens is 314 g/mol. The molecule has 6 heteroatoms. The summed E-state index contributed by atoms with van der Waals surface area (Å²) in [5, 5.41) is 12.9. The molecule has 2 unspecified atom stereocenters. The molecule has 0 saturated carbocycles. The second-order valence-electron chi connectivity index (χ2n) is 6.14. The fraction of sp³-hybridized carbons (Fsp3) is 0.588. The summed E-state index contributed by atoms with van der Waals surface area (Å²) in [5.41, 5.74) is 1.12. The molecule has 23 heavy (non-hydrogen) atoms. The molecule has 1 aromatic carbocycles. The third-order valence-corrected chi connectivity index (χ3v) is 4.74. The smallest absolute Gasteiger partial charge is 0.317 e. The highest BCUT2D eigenvalue weighted by Gasteiger charge is 2.25. The molecule has 5 nitrogen and oxygen atoms in total. The first kappa shape index (κ1) is 18.0. The lowest BCUT2D eigenvalue weighted by Crippen LogP contribution is -2.46. The Kier molecular flexibility index (Phi) is 6.69. The summed E-state index contributed by atoms with van der Waals surface area (Å²) in [6, 6.07) is 7.59. The van der Waals surface area contributed by atoms with Gasteiger partial charge < -0.3 is 15.3 Å². The Hall–Kier alpha value is -1.30. The standard InChI is InChI=1S/C17H26ClN3O2/c1-13(12-22)20(2)17(23)19-11-16(21-8-3-4-9-21)14-6-5-7-15(18)10-14/h5-7,10,13,16,22H,3-4,8-9,11-12H2,1-2H3,(H,19,23). The van der Waals surface area contributed by atoms with Crippen LogP contribution in [-0.4, -0.2) is 60.3 Å². The van der Waals surface area contributed by atoms with E-state index in [1.165, 1.54) is 17.7 Å². The summed E-state index contributed by atoms with van der Waals surface area (Å²) < 4.78 is 0. The number of hydrogen-bond donors (Lipinski definition) is 2. The number of carbonyl (C=O) groups is 1. The summed E-state index contributed by atoms with van der Waals surface area (Å²) in [5.74, 6) is 0. The van der Waals surface area contributed by atoms with Crippen molar-refractivity contribution in [1.82, 2.24) is 15.1 Å². The highest BCUT2D eigenvalue weighted by atomic mass is 35.5. The van der Waals surface area contributed by atoms with Crippen LogP contribution in [0.1, 0.15) is 31.4 Å². The van der Waals surface area contributed by atoms with Gasteiger partial charge in [0.25, 0.3) is 0 Å². The normalized spacial score (nSPS) is 17.7. The number of halogens is 1. The van der Waals surface area contributed by atoms with E-state index in [0.717, 1.165) is 18.7 Å². The molecule has 1 aromatic rings. The van der Waals surface area contributed by atoms with Gasteiger partial charge in [-0.05, 0) is 50.6 Å². The van der Waals surface area contributed by atoms with Crippen molar-refractivity contribution in [2.45, 2.75) is 31.8 Å². The number of amides is 2. The lowest BCUT2D eigenvalue weighted by atomic mass is 10.1. The number of urea groups is 1. The van der Waals surface area contributed by atoms with Crippen LogP contribution < -0.4 is 5.32 Å². The average molecular weight is 340 g/mol. The highest BCUT2D eigenvalue weighted by Crippen LogP contribution is 2.26. The largest absolute Gasteiger partial charge is 0.394 e. The Bertz CT molecular complexity index is 520. The van der Waals surface area contributed by atoms with Crippen LogP contribution in [0.4, 0.5) is 4.79 Å². The third kappa shape index (κ3) is 4.83. The van der Waals surface area contributed by atoms with Crippen molar-refractivity contribution in [2.75, 3.05) is 33.3 Å². The monoisotopic (exact) mass is 339 g/mol. The minimum absolute atomic E-state index is 0.0479. The Labute approximate surface area is 143 Å². The maximum atomic E-state index is 12.2. The molecule has 1 fully saturated rings. The molecule has 2 rings (SSSR count). The highest BCUT2D eigenvalue weighted by molar-refractivity contribution is 6.30. The lowest BCUT2D eigenvalue weighted by molar-refractivity contribution is 0.153. The van der Waals surface area contributed by atoms with Crippen molar-refractivity contribution < 1.29 is 9.90 Å². The van der Waals surface area contributed by atoms with Crippen LogP contribution in [0.3, 0.4) is 0 Å². The zero-order chi connectivity index (χ0) is 16.8. The number of nitrogens with one attached hydrogen (secondary N) is 1. The van der Waals surface area contributed by atoms with Crippen molar-refractivity contribution in [1.29, 1.82) is 0 Å². The van der Waals surface area contributed by atoms with Gasteiger partial charge in [0.2, 0.25) is 0 Å². The van der Waals surface area contributed by atoms with E-state index in [0.29, 0.717) is 11.6 Å². The molecule has 1 aliphatic heterocycles. The van der Waals surface area contributed by atoms with Crippen LogP contribution in [0.15, 0.2) is 24.3 Å². The number of hydrogen-bond acceptors (Lipinski definition) is 3. The van der Waals surface area contributed by atoms with Gasteiger partial charge in [0.15, 0.2) is 0 Å². The zero-order valence-electron chi connectivity index (χ0n) is 13.8. The number of aliphatic hydroxyl groups excluding tert-OH is 1. The molecule has 2 amide bonds. The summed E-state index contributed by atoms with van der Waals surface area (Å²) >= 11 is 6.13. The van der Waals surface area contributed by atoms with Gasteiger partial charge in [-0.25, -0.2) is 4.79 Å². The predicted octanol–water partition coefficient (Wildman–Crippen LogP) is 2.50. The molecule has 128 valence electrons. The Morgan fingerprint density at radius 2 is 2.13 bits per heavy atom. The van der Waals surface area contributed by atoms with E-state index in [-0.39, 0.29) is 24.7 Å². The predicted molar refractivity (Wildman–Crippen MR) is 92.7 cm³/mol. The first-order chi connectivity index (χ1) is 11.0. The van der Waals surface area contributed by atoms with Crippen molar-refractivity contribution in [3.8, 4) is 0 Å². The van der Waals surface area contributed by atoms with Crippen LogP contribution in [0.5, 0.6) is 0 Å². The fourth-order valence-electron chi connectivity index (χ4n) is 2.86. The Balaban J connectivity index is 2.05. The third-order valence-electron chi connectivity index (χ3n) is 4.51. The number of aliphatic hydroxyl groups is 1. The van der Waals surface area contributed by atoms with Gasteiger partial charge in [0.05, 0.1) is 18.7 Å². The first-order valence-corrected chi connectivity index (χ1v) is 8.51. The zero-order valence-corrected chi connectivity index (χ0v) is 14.6. The van der Waals surface area contributed by atoms with E-state index in [9.17, 15) is 4.79 Å². The molecule has 0 spiro atoms.